The number of rotatable bonds is 3. The molecule has 2 saturated heterocycles. The fraction of sp³-hybridized carbons (Fsp3) is 0.562. The van der Waals surface area contributed by atoms with E-state index >= 15 is 0 Å². The lowest BCUT2D eigenvalue weighted by Gasteiger charge is -2.33. The molecule has 1 N–H and O–H groups in total. The first-order chi connectivity index (χ1) is 10.3. The van der Waals surface area contributed by atoms with Gasteiger partial charge < -0.3 is 9.73 Å². The number of aryl methyl sites for hydroxylation is 1. The van der Waals surface area contributed by atoms with E-state index in [4.69, 9.17) is 9.40 Å². The predicted molar refractivity (Wildman–Crippen MR) is 84.3 cm³/mol. The van der Waals surface area contributed by atoms with Crippen molar-refractivity contribution in [3.63, 3.8) is 0 Å². The van der Waals surface area contributed by atoms with E-state index in [-0.39, 0.29) is 0 Å². The number of aromatic nitrogens is 1. The number of oxazole rings is 1. The molecule has 2 aliphatic rings. The predicted octanol–water partition coefficient (Wildman–Crippen LogP) is 2.75. The molecule has 0 radical (unpaired) electrons. The minimum atomic E-state index is 0.773. The molecule has 21 heavy (non-hydrogen) atoms. The number of hydrogen-bond acceptors (Lipinski definition) is 5. The van der Waals surface area contributed by atoms with Crippen LogP contribution < -0.4 is 5.32 Å². The molecule has 5 heteroatoms. The van der Waals surface area contributed by atoms with Crippen LogP contribution in [-0.2, 0) is 6.54 Å². The van der Waals surface area contributed by atoms with E-state index in [1.54, 1.807) is 11.3 Å². The Morgan fingerprint density at radius 3 is 3.19 bits per heavy atom. The molecule has 0 aromatic carbocycles. The largest absolute Gasteiger partial charge is 0.440 e. The fourth-order valence-electron chi connectivity index (χ4n) is 3.55. The van der Waals surface area contributed by atoms with E-state index in [0.717, 1.165) is 40.6 Å². The smallest absolute Gasteiger partial charge is 0.236 e. The second kappa shape index (κ2) is 5.55. The molecule has 0 amide bonds. The van der Waals surface area contributed by atoms with E-state index in [0.29, 0.717) is 0 Å². The molecule has 2 fully saturated rings. The summed E-state index contributed by atoms with van der Waals surface area (Å²) in [5.74, 6) is 3.45. The maximum Gasteiger partial charge on any atom is 0.236 e. The second-order valence-electron chi connectivity index (χ2n) is 6.20. The molecule has 2 aromatic rings. The van der Waals surface area contributed by atoms with Crippen molar-refractivity contribution in [3.05, 3.63) is 29.0 Å². The molecule has 4 rings (SSSR count). The Bertz CT molecular complexity index is 607. The van der Waals surface area contributed by atoms with Crippen LogP contribution in [0, 0.1) is 18.8 Å². The standard InChI is InChI=1S/C16H21N3OS/c1-11-14(18-16(20-11)15-3-2-6-21-15)10-19-5-4-12-7-17-8-13(12)9-19/h2-3,6,12-13,17H,4-5,7-10H2,1H3. The molecule has 0 bridgehead atoms. The summed E-state index contributed by atoms with van der Waals surface area (Å²) in [6, 6.07) is 4.10. The highest BCUT2D eigenvalue weighted by atomic mass is 32.1. The molecule has 4 nitrogen and oxygen atoms in total. The van der Waals surface area contributed by atoms with Crippen molar-refractivity contribution in [1.29, 1.82) is 0 Å². The highest BCUT2D eigenvalue weighted by Gasteiger charge is 2.33. The van der Waals surface area contributed by atoms with Crippen molar-refractivity contribution in [3.8, 4) is 10.8 Å². The lowest BCUT2D eigenvalue weighted by molar-refractivity contribution is 0.140. The summed E-state index contributed by atoms with van der Waals surface area (Å²) in [5.41, 5.74) is 1.10. The number of nitrogens with one attached hydrogen (secondary N) is 1. The zero-order chi connectivity index (χ0) is 14.2. The van der Waals surface area contributed by atoms with Gasteiger partial charge in [-0.15, -0.1) is 11.3 Å². The topological polar surface area (TPSA) is 41.3 Å². The number of piperidine rings is 1. The normalized spacial score (nSPS) is 26.1. The third-order valence-electron chi connectivity index (χ3n) is 4.79. The van der Waals surface area contributed by atoms with Gasteiger partial charge in [-0.2, -0.15) is 0 Å². The van der Waals surface area contributed by atoms with Gasteiger partial charge in [0.15, 0.2) is 0 Å². The third kappa shape index (κ3) is 2.65. The van der Waals surface area contributed by atoms with Crippen molar-refractivity contribution >= 4 is 11.3 Å². The summed E-state index contributed by atoms with van der Waals surface area (Å²) in [7, 11) is 0. The van der Waals surface area contributed by atoms with Gasteiger partial charge in [0.05, 0.1) is 10.6 Å². The molecular formula is C16H21N3OS. The van der Waals surface area contributed by atoms with Crippen molar-refractivity contribution in [1.82, 2.24) is 15.2 Å². The lowest BCUT2D eigenvalue weighted by atomic mass is 9.88. The first kappa shape index (κ1) is 13.5. The van der Waals surface area contributed by atoms with Crippen LogP contribution in [0.5, 0.6) is 0 Å². The van der Waals surface area contributed by atoms with Gasteiger partial charge in [-0.05, 0) is 56.3 Å². The SMILES string of the molecule is Cc1oc(-c2cccs2)nc1CN1CCC2CNCC2C1. The summed E-state index contributed by atoms with van der Waals surface area (Å²) < 4.78 is 5.85. The average Bonchev–Trinajstić information content (AvgIpc) is 3.20. The third-order valence-corrected chi connectivity index (χ3v) is 5.64. The molecule has 2 aliphatic heterocycles. The summed E-state index contributed by atoms with van der Waals surface area (Å²) in [5, 5.41) is 5.59. The molecule has 0 saturated carbocycles. The van der Waals surface area contributed by atoms with Gasteiger partial charge in [-0.3, -0.25) is 4.90 Å². The number of hydrogen-bond donors (Lipinski definition) is 1. The van der Waals surface area contributed by atoms with Crippen LogP contribution in [0.2, 0.25) is 0 Å². The van der Waals surface area contributed by atoms with Crippen LogP contribution in [-0.4, -0.2) is 36.1 Å². The van der Waals surface area contributed by atoms with Gasteiger partial charge in [0, 0.05) is 13.1 Å². The van der Waals surface area contributed by atoms with Gasteiger partial charge in [-0.1, -0.05) is 6.07 Å². The molecule has 112 valence electrons. The molecule has 0 aliphatic carbocycles. The lowest BCUT2D eigenvalue weighted by Crippen LogP contribution is -2.39. The van der Waals surface area contributed by atoms with Crippen LogP contribution in [0.3, 0.4) is 0 Å². The first-order valence-corrected chi connectivity index (χ1v) is 8.61. The molecular weight excluding hydrogens is 282 g/mol. The van der Waals surface area contributed by atoms with Crippen LogP contribution in [0.25, 0.3) is 10.8 Å². The highest BCUT2D eigenvalue weighted by Crippen LogP contribution is 2.29. The van der Waals surface area contributed by atoms with E-state index in [1.807, 2.05) is 13.0 Å². The van der Waals surface area contributed by atoms with E-state index in [9.17, 15) is 0 Å². The Balaban J connectivity index is 1.47. The van der Waals surface area contributed by atoms with E-state index in [2.05, 4.69) is 21.7 Å². The first-order valence-electron chi connectivity index (χ1n) is 7.73. The summed E-state index contributed by atoms with van der Waals surface area (Å²) in [4.78, 5) is 8.37. The van der Waals surface area contributed by atoms with Crippen LogP contribution in [0.15, 0.2) is 21.9 Å². The molecule has 2 atom stereocenters. The van der Waals surface area contributed by atoms with Crippen molar-refractivity contribution in [2.24, 2.45) is 11.8 Å². The Morgan fingerprint density at radius 2 is 2.33 bits per heavy atom. The summed E-state index contributed by atoms with van der Waals surface area (Å²) >= 11 is 1.68. The van der Waals surface area contributed by atoms with Gasteiger partial charge >= 0.3 is 0 Å². The molecule has 2 unspecified atom stereocenters. The number of nitrogens with zero attached hydrogens (tertiary/aromatic N) is 2. The van der Waals surface area contributed by atoms with Crippen molar-refractivity contribution in [2.45, 2.75) is 19.9 Å². The number of fused-ring (bicyclic) bond motifs is 1. The molecule has 2 aromatic heterocycles. The quantitative estimate of drug-likeness (QED) is 0.946. The average molecular weight is 303 g/mol. The van der Waals surface area contributed by atoms with Crippen LogP contribution in [0.4, 0.5) is 0 Å². The maximum absolute atomic E-state index is 5.85. The van der Waals surface area contributed by atoms with Gasteiger partial charge in [0.1, 0.15) is 5.76 Å². The minimum Gasteiger partial charge on any atom is -0.440 e. The van der Waals surface area contributed by atoms with Gasteiger partial charge in [0.2, 0.25) is 5.89 Å². The van der Waals surface area contributed by atoms with E-state index in [1.165, 1.54) is 32.6 Å². The summed E-state index contributed by atoms with van der Waals surface area (Å²) in [6.45, 7) is 7.72. The maximum atomic E-state index is 5.85. The van der Waals surface area contributed by atoms with E-state index < -0.39 is 0 Å². The fourth-order valence-corrected chi connectivity index (χ4v) is 4.19. The zero-order valence-corrected chi connectivity index (χ0v) is 13.2. The van der Waals surface area contributed by atoms with Crippen molar-refractivity contribution in [2.75, 3.05) is 26.2 Å². The zero-order valence-electron chi connectivity index (χ0n) is 12.3. The Hall–Kier alpha value is -1.17. The molecule has 4 heterocycles. The number of likely N-dealkylation sites (tertiary alicyclic amines) is 1. The molecule has 0 spiro atoms. The van der Waals surface area contributed by atoms with Crippen LogP contribution in [0.1, 0.15) is 17.9 Å². The van der Waals surface area contributed by atoms with Crippen LogP contribution >= 0.6 is 11.3 Å². The minimum absolute atomic E-state index is 0.773. The summed E-state index contributed by atoms with van der Waals surface area (Å²) in [6.07, 6.45) is 1.31. The Kier molecular flexibility index (Phi) is 3.57. The van der Waals surface area contributed by atoms with Gasteiger partial charge in [-0.25, -0.2) is 4.98 Å². The monoisotopic (exact) mass is 303 g/mol. The Morgan fingerprint density at radius 1 is 1.43 bits per heavy atom. The Labute approximate surface area is 129 Å². The van der Waals surface area contributed by atoms with Crippen molar-refractivity contribution < 1.29 is 4.42 Å². The van der Waals surface area contributed by atoms with Gasteiger partial charge in [0.25, 0.3) is 0 Å². The highest BCUT2D eigenvalue weighted by molar-refractivity contribution is 7.13. The second-order valence-corrected chi connectivity index (χ2v) is 7.15. The number of thiophene rings is 1.